The van der Waals surface area contributed by atoms with Gasteiger partial charge in [0.15, 0.2) is 11.2 Å². The van der Waals surface area contributed by atoms with Crippen LogP contribution in [0.4, 0.5) is 5.82 Å². The Bertz CT molecular complexity index is 1090. The van der Waals surface area contributed by atoms with Crippen LogP contribution < -0.4 is 15.1 Å². The molecule has 3 aromatic rings. The highest BCUT2D eigenvalue weighted by molar-refractivity contribution is 9.10. The maximum absolute atomic E-state index is 12.9. The number of hydrogen-bond acceptors (Lipinski definition) is 6. The van der Waals surface area contributed by atoms with Gasteiger partial charge in [-0.25, -0.2) is 0 Å². The Labute approximate surface area is 169 Å². The van der Waals surface area contributed by atoms with Gasteiger partial charge in [-0.1, -0.05) is 15.9 Å². The molecule has 1 aliphatic heterocycles. The van der Waals surface area contributed by atoms with Gasteiger partial charge in [-0.2, -0.15) is 4.98 Å². The zero-order valence-corrected chi connectivity index (χ0v) is 16.8. The van der Waals surface area contributed by atoms with Gasteiger partial charge >= 0.3 is 0 Å². The number of methoxy groups -OCH3 is 1. The molecule has 9 heteroatoms. The van der Waals surface area contributed by atoms with E-state index < -0.39 is 0 Å². The lowest BCUT2D eigenvalue weighted by atomic mass is 10.2. The number of hydrogen-bond donors (Lipinski definition) is 1. The molecule has 0 bridgehead atoms. The Morgan fingerprint density at radius 3 is 2.71 bits per heavy atom. The Morgan fingerprint density at radius 1 is 1.18 bits per heavy atom. The molecule has 1 N–H and O–H groups in total. The molecule has 8 nitrogen and oxygen atoms in total. The lowest BCUT2D eigenvalue weighted by Crippen LogP contribution is -2.49. The summed E-state index contributed by atoms with van der Waals surface area (Å²) >= 11 is 3.36. The predicted octanol–water partition coefficient (Wildman–Crippen LogP) is 2.05. The zero-order valence-electron chi connectivity index (χ0n) is 15.2. The Kier molecular flexibility index (Phi) is 4.99. The number of carbonyl (C=O) groups excluding carboxylic acids is 1. The number of anilines is 1. The second-order valence-corrected chi connectivity index (χ2v) is 7.35. The molecule has 0 spiro atoms. The number of nitrogens with zero attached hydrogens (tertiary/aromatic N) is 4. The van der Waals surface area contributed by atoms with Crippen molar-refractivity contribution >= 4 is 38.6 Å². The summed E-state index contributed by atoms with van der Waals surface area (Å²) in [5.41, 5.74) is 0.766. The van der Waals surface area contributed by atoms with Gasteiger partial charge in [0.25, 0.3) is 5.91 Å². The molecule has 1 fully saturated rings. The van der Waals surface area contributed by atoms with Crippen LogP contribution in [0.1, 0.15) is 10.5 Å². The molecular formula is C19H18BrN5O3. The number of fused-ring (bicyclic) bond motifs is 1. The smallest absolute Gasteiger partial charge is 0.270 e. The third-order valence-corrected chi connectivity index (χ3v) is 5.22. The molecule has 0 atom stereocenters. The number of nitrogens with one attached hydrogen (secondary N) is 1. The summed E-state index contributed by atoms with van der Waals surface area (Å²) in [6, 6.07) is 6.74. The van der Waals surface area contributed by atoms with Crippen molar-refractivity contribution in [2.75, 3.05) is 38.2 Å². The first kappa shape index (κ1) is 18.4. The van der Waals surface area contributed by atoms with E-state index in [0.717, 1.165) is 10.3 Å². The minimum atomic E-state index is -0.182. The number of rotatable bonds is 3. The van der Waals surface area contributed by atoms with Gasteiger partial charge in [-0.05, 0) is 18.2 Å². The van der Waals surface area contributed by atoms with Crippen LogP contribution in [0.15, 0.2) is 45.9 Å². The van der Waals surface area contributed by atoms with Crippen LogP contribution in [0, 0.1) is 0 Å². The van der Waals surface area contributed by atoms with Gasteiger partial charge in [-0.15, -0.1) is 0 Å². The van der Waals surface area contributed by atoms with Crippen molar-refractivity contribution in [3.8, 4) is 5.88 Å². The highest BCUT2D eigenvalue weighted by atomic mass is 79.9. The van der Waals surface area contributed by atoms with Gasteiger partial charge in [0, 0.05) is 47.6 Å². The number of carbonyl (C=O) groups is 1. The number of benzene rings is 1. The van der Waals surface area contributed by atoms with Crippen LogP contribution in [-0.4, -0.2) is 59.0 Å². The van der Waals surface area contributed by atoms with Gasteiger partial charge in [0.2, 0.25) is 5.88 Å². The predicted molar refractivity (Wildman–Crippen MR) is 109 cm³/mol. The van der Waals surface area contributed by atoms with Gasteiger partial charge in [0.1, 0.15) is 5.69 Å². The average Bonchev–Trinajstić information content (AvgIpc) is 2.73. The van der Waals surface area contributed by atoms with Crippen molar-refractivity contribution in [3.63, 3.8) is 0 Å². The summed E-state index contributed by atoms with van der Waals surface area (Å²) < 4.78 is 5.94. The summed E-state index contributed by atoms with van der Waals surface area (Å²) in [4.78, 5) is 40.7. The molecule has 2 aromatic heterocycles. The van der Waals surface area contributed by atoms with E-state index in [0.29, 0.717) is 48.7 Å². The Balaban J connectivity index is 1.50. The summed E-state index contributed by atoms with van der Waals surface area (Å²) in [6.07, 6.45) is 3.23. The number of amides is 1. The number of halogens is 1. The lowest BCUT2D eigenvalue weighted by molar-refractivity contribution is 0.0741. The molecule has 0 aliphatic carbocycles. The average molecular weight is 444 g/mol. The van der Waals surface area contributed by atoms with Gasteiger partial charge in [0.05, 0.1) is 19.5 Å². The number of aromatic amines is 1. The lowest BCUT2D eigenvalue weighted by Gasteiger charge is -2.35. The number of pyridine rings is 1. The fourth-order valence-electron chi connectivity index (χ4n) is 3.23. The minimum absolute atomic E-state index is 0.177. The normalized spacial score (nSPS) is 14.4. The zero-order chi connectivity index (χ0) is 19.7. The van der Waals surface area contributed by atoms with E-state index in [1.54, 1.807) is 36.5 Å². The molecule has 4 rings (SSSR count). The molecule has 0 unspecified atom stereocenters. The first-order valence-electron chi connectivity index (χ1n) is 8.78. The second kappa shape index (κ2) is 7.59. The van der Waals surface area contributed by atoms with Crippen molar-refractivity contribution in [2.24, 2.45) is 0 Å². The number of ether oxygens (including phenoxy) is 1. The van der Waals surface area contributed by atoms with Crippen molar-refractivity contribution < 1.29 is 9.53 Å². The van der Waals surface area contributed by atoms with Crippen LogP contribution in [-0.2, 0) is 0 Å². The van der Waals surface area contributed by atoms with Crippen LogP contribution in [0.2, 0.25) is 0 Å². The minimum Gasteiger partial charge on any atom is -0.480 e. The summed E-state index contributed by atoms with van der Waals surface area (Å²) in [6.45, 7) is 2.30. The molecule has 0 radical (unpaired) electrons. The topological polar surface area (TPSA) is 91.4 Å². The Morgan fingerprint density at radius 2 is 1.96 bits per heavy atom. The maximum Gasteiger partial charge on any atom is 0.270 e. The standard InChI is InChI=1S/C19H18BrN5O3/c1-28-18-11-21-10-17(23-18)24-4-6-25(7-5-24)19(27)15-9-16(26)13-8-12(20)2-3-14(13)22-15/h2-3,8-11H,4-7H2,1H3,(H,22,26). The molecule has 3 heterocycles. The van der Waals surface area contributed by atoms with E-state index >= 15 is 0 Å². The molecule has 0 saturated carbocycles. The molecule has 1 amide bonds. The maximum atomic E-state index is 12.9. The molecule has 1 aliphatic rings. The number of H-pyrrole nitrogens is 1. The van der Waals surface area contributed by atoms with Gasteiger partial charge in [-0.3, -0.25) is 14.6 Å². The monoisotopic (exact) mass is 443 g/mol. The molecule has 1 aromatic carbocycles. The van der Waals surface area contributed by atoms with E-state index in [1.165, 1.54) is 6.07 Å². The first-order chi connectivity index (χ1) is 13.5. The quantitative estimate of drug-likeness (QED) is 0.665. The van der Waals surface area contributed by atoms with Crippen molar-refractivity contribution in [2.45, 2.75) is 0 Å². The number of piperazine rings is 1. The van der Waals surface area contributed by atoms with Crippen molar-refractivity contribution in [1.82, 2.24) is 19.9 Å². The molecule has 144 valence electrons. The summed E-state index contributed by atoms with van der Waals surface area (Å²) in [5.74, 6) is 0.991. The van der Waals surface area contributed by atoms with Crippen LogP contribution in [0.3, 0.4) is 0 Å². The van der Waals surface area contributed by atoms with Crippen LogP contribution >= 0.6 is 15.9 Å². The highest BCUT2D eigenvalue weighted by Crippen LogP contribution is 2.18. The van der Waals surface area contributed by atoms with E-state index in [-0.39, 0.29) is 11.3 Å². The van der Waals surface area contributed by atoms with Gasteiger partial charge < -0.3 is 19.5 Å². The summed E-state index contributed by atoms with van der Waals surface area (Å²) in [7, 11) is 1.55. The van der Waals surface area contributed by atoms with Crippen LogP contribution in [0.5, 0.6) is 5.88 Å². The Hall–Kier alpha value is -2.94. The highest BCUT2D eigenvalue weighted by Gasteiger charge is 2.24. The van der Waals surface area contributed by atoms with E-state index in [4.69, 9.17) is 4.74 Å². The van der Waals surface area contributed by atoms with E-state index in [2.05, 4.69) is 35.8 Å². The van der Waals surface area contributed by atoms with E-state index in [1.807, 2.05) is 6.07 Å². The van der Waals surface area contributed by atoms with Crippen LogP contribution in [0.25, 0.3) is 10.9 Å². The SMILES string of the molecule is COc1cncc(N2CCN(C(=O)c3cc(=O)c4cc(Br)ccc4[nH]3)CC2)n1. The first-order valence-corrected chi connectivity index (χ1v) is 9.57. The fraction of sp³-hybridized carbons (Fsp3) is 0.263. The van der Waals surface area contributed by atoms with Crippen molar-refractivity contribution in [3.05, 3.63) is 57.0 Å². The fourth-order valence-corrected chi connectivity index (χ4v) is 3.59. The molecule has 1 saturated heterocycles. The molecule has 28 heavy (non-hydrogen) atoms. The molecular weight excluding hydrogens is 426 g/mol. The number of aromatic nitrogens is 3. The third kappa shape index (κ3) is 3.57. The summed E-state index contributed by atoms with van der Waals surface area (Å²) in [5, 5.41) is 0.548. The second-order valence-electron chi connectivity index (χ2n) is 6.44. The largest absolute Gasteiger partial charge is 0.480 e. The van der Waals surface area contributed by atoms with Crippen molar-refractivity contribution in [1.29, 1.82) is 0 Å². The van der Waals surface area contributed by atoms with E-state index in [9.17, 15) is 9.59 Å². The third-order valence-electron chi connectivity index (χ3n) is 4.72.